The molecule has 0 fully saturated rings. The number of nitrogens with one attached hydrogen (secondary N) is 1. The Labute approximate surface area is 133 Å². The normalized spacial score (nSPS) is 11.4. The molecule has 8 heteroatoms. The lowest BCUT2D eigenvalue weighted by Crippen LogP contribution is -2.46. The molecular weight excluding hydrogens is 314 g/mol. The molecule has 0 aromatic carbocycles. The monoisotopic (exact) mass is 341 g/mol. The first-order valence-corrected chi connectivity index (χ1v) is 9.99. The van der Waals surface area contributed by atoms with E-state index in [1.807, 2.05) is 20.8 Å². The van der Waals surface area contributed by atoms with Crippen molar-refractivity contribution in [3.63, 3.8) is 0 Å². The van der Waals surface area contributed by atoms with Gasteiger partial charge in [0.1, 0.15) is 0 Å². The van der Waals surface area contributed by atoms with Gasteiger partial charge >= 0.3 is 14.9 Å². The molecule has 0 rings (SSSR count). The van der Waals surface area contributed by atoms with Crippen LogP contribution >= 0.6 is 11.6 Å². The summed E-state index contributed by atoms with van der Waals surface area (Å²) in [6.07, 6.45) is 0.956. The van der Waals surface area contributed by atoms with E-state index in [0.29, 0.717) is 51.3 Å². The second-order valence-corrected chi connectivity index (χ2v) is 7.30. The predicted octanol–water partition coefficient (Wildman–Crippen LogP) is 2.78. The highest BCUT2D eigenvalue weighted by Crippen LogP contribution is 2.17. The Kier molecular flexibility index (Phi) is 13.1. The van der Waals surface area contributed by atoms with Crippen LogP contribution < -0.4 is 5.32 Å². The van der Waals surface area contributed by atoms with E-state index in [1.54, 1.807) is 0 Å². The number of amides is 1. The van der Waals surface area contributed by atoms with Gasteiger partial charge in [0.2, 0.25) is 0 Å². The summed E-state index contributed by atoms with van der Waals surface area (Å²) in [6.45, 7) is 8.28. The molecule has 0 spiro atoms. The molecule has 1 N–H and O–H groups in total. The first-order valence-electron chi connectivity index (χ1n) is 7.52. The minimum absolute atomic E-state index is 0.338. The molecule has 0 aliphatic heterocycles. The minimum Gasteiger partial charge on any atom is -0.450 e. The van der Waals surface area contributed by atoms with Crippen LogP contribution in [0.2, 0.25) is 6.04 Å². The first kappa shape index (κ1) is 20.7. The molecule has 0 saturated heterocycles. The van der Waals surface area contributed by atoms with Crippen molar-refractivity contribution in [1.29, 1.82) is 0 Å². The molecule has 0 aliphatic carbocycles. The van der Waals surface area contributed by atoms with E-state index in [-0.39, 0.29) is 0 Å². The number of halogens is 1. The van der Waals surface area contributed by atoms with E-state index < -0.39 is 14.9 Å². The summed E-state index contributed by atoms with van der Waals surface area (Å²) in [4.78, 5) is 11.4. The average molecular weight is 342 g/mol. The smallest absolute Gasteiger partial charge is 0.450 e. The van der Waals surface area contributed by atoms with Crippen molar-refractivity contribution < 1.29 is 22.8 Å². The Hall–Kier alpha value is -0.343. The maximum Gasteiger partial charge on any atom is 0.500 e. The molecule has 0 aromatic heterocycles. The van der Waals surface area contributed by atoms with Gasteiger partial charge in [-0.2, -0.15) is 0 Å². The van der Waals surface area contributed by atoms with Gasteiger partial charge in [0.05, 0.1) is 6.61 Å². The first-order chi connectivity index (χ1) is 10.1. The Morgan fingerprint density at radius 3 is 2.10 bits per heavy atom. The average Bonchev–Trinajstić information content (AvgIpc) is 2.45. The van der Waals surface area contributed by atoms with Crippen LogP contribution in [0, 0.1) is 0 Å². The molecule has 21 heavy (non-hydrogen) atoms. The number of alkyl carbamates (subject to hydrolysis) is 1. The fraction of sp³-hybridized carbons (Fsp3) is 0.923. The lowest BCUT2D eigenvalue weighted by Gasteiger charge is -2.28. The summed E-state index contributed by atoms with van der Waals surface area (Å²) in [6, 6.07) is 0.671. The highest BCUT2D eigenvalue weighted by molar-refractivity contribution is 6.60. The zero-order chi connectivity index (χ0) is 16.0. The van der Waals surface area contributed by atoms with Crippen LogP contribution in [-0.2, 0) is 18.0 Å². The molecule has 0 aliphatic rings. The molecular formula is C13H28ClNO5Si. The van der Waals surface area contributed by atoms with Gasteiger partial charge in [-0.3, -0.25) is 0 Å². The number of hydrogen-bond acceptors (Lipinski definition) is 5. The summed E-state index contributed by atoms with van der Waals surface area (Å²) in [7, 11) is -2.61. The molecule has 126 valence electrons. The molecule has 6 nitrogen and oxygen atoms in total. The van der Waals surface area contributed by atoms with E-state index in [1.165, 1.54) is 0 Å². The molecule has 0 unspecified atom stereocenters. The number of carbonyl (C=O) groups is 1. The molecule has 1 amide bonds. The lowest BCUT2D eigenvalue weighted by atomic mass is 10.5. The van der Waals surface area contributed by atoms with Crippen LogP contribution in [0.15, 0.2) is 0 Å². The van der Waals surface area contributed by atoms with Crippen LogP contribution in [0.5, 0.6) is 0 Å². The van der Waals surface area contributed by atoms with Crippen LogP contribution in [0.4, 0.5) is 4.79 Å². The van der Waals surface area contributed by atoms with Gasteiger partial charge in [-0.25, -0.2) is 4.79 Å². The topological polar surface area (TPSA) is 66.0 Å². The van der Waals surface area contributed by atoms with Gasteiger partial charge in [0.15, 0.2) is 0 Å². The highest BCUT2D eigenvalue weighted by Gasteiger charge is 2.39. The lowest BCUT2D eigenvalue weighted by molar-refractivity contribution is 0.0706. The maximum absolute atomic E-state index is 11.4. The Morgan fingerprint density at radius 2 is 1.62 bits per heavy atom. The van der Waals surface area contributed by atoms with E-state index >= 15 is 0 Å². The van der Waals surface area contributed by atoms with Crippen molar-refractivity contribution in [2.24, 2.45) is 0 Å². The standard InChI is InChI=1S/C13H28ClNO5Si/c1-4-18-21(19-5-2,20-6-3)12-8-10-15-13(16)17-11-7-9-14/h4-12H2,1-3H3,(H,15,16). The van der Waals surface area contributed by atoms with Gasteiger partial charge in [0.25, 0.3) is 0 Å². The predicted molar refractivity (Wildman–Crippen MR) is 84.7 cm³/mol. The zero-order valence-electron chi connectivity index (χ0n) is 13.3. The van der Waals surface area contributed by atoms with Crippen molar-refractivity contribution in [2.45, 2.75) is 39.7 Å². The molecule has 0 atom stereocenters. The third-order valence-electron chi connectivity index (χ3n) is 2.53. The summed E-state index contributed by atoms with van der Waals surface area (Å²) in [5, 5.41) is 2.69. The minimum atomic E-state index is -2.61. The SMILES string of the molecule is CCO[Si](CCCNC(=O)OCCCCl)(OCC)OCC. The molecule has 0 aromatic rings. The molecule has 0 heterocycles. The van der Waals surface area contributed by atoms with Crippen molar-refractivity contribution in [2.75, 3.05) is 38.9 Å². The van der Waals surface area contributed by atoms with Gasteiger partial charge in [-0.1, -0.05) is 0 Å². The Morgan fingerprint density at radius 1 is 1.05 bits per heavy atom. The van der Waals surface area contributed by atoms with Crippen LogP contribution in [0.25, 0.3) is 0 Å². The van der Waals surface area contributed by atoms with E-state index in [0.717, 1.165) is 6.42 Å². The Balaban J connectivity index is 4.03. The fourth-order valence-electron chi connectivity index (χ4n) is 1.77. The van der Waals surface area contributed by atoms with Gasteiger partial charge in [-0.05, 0) is 33.6 Å². The summed E-state index contributed by atoms with van der Waals surface area (Å²) in [5.74, 6) is 0.485. The second-order valence-electron chi connectivity index (χ2n) is 4.19. The molecule has 0 radical (unpaired) electrons. The number of rotatable bonds is 13. The van der Waals surface area contributed by atoms with Crippen LogP contribution in [-0.4, -0.2) is 53.7 Å². The van der Waals surface area contributed by atoms with Crippen molar-refractivity contribution in [1.82, 2.24) is 5.32 Å². The maximum atomic E-state index is 11.4. The molecule has 0 bridgehead atoms. The quantitative estimate of drug-likeness (QED) is 0.317. The summed E-state index contributed by atoms with van der Waals surface area (Å²) >= 11 is 5.50. The number of carbonyl (C=O) groups excluding carboxylic acids is 1. The van der Waals surface area contributed by atoms with Crippen molar-refractivity contribution in [3.05, 3.63) is 0 Å². The number of alkyl halides is 1. The highest BCUT2D eigenvalue weighted by atomic mass is 35.5. The Bertz CT molecular complexity index is 254. The molecule has 0 saturated carbocycles. The van der Waals surface area contributed by atoms with Gasteiger partial charge < -0.3 is 23.3 Å². The van der Waals surface area contributed by atoms with Gasteiger partial charge in [-0.15, -0.1) is 11.6 Å². The van der Waals surface area contributed by atoms with E-state index in [2.05, 4.69) is 5.32 Å². The number of hydrogen-bond donors (Lipinski definition) is 1. The fourth-order valence-corrected chi connectivity index (χ4v) is 4.49. The summed E-state index contributed by atoms with van der Waals surface area (Å²) < 4.78 is 22.1. The van der Waals surface area contributed by atoms with E-state index in [4.69, 9.17) is 29.6 Å². The largest absolute Gasteiger partial charge is 0.500 e. The van der Waals surface area contributed by atoms with Gasteiger partial charge in [0, 0.05) is 38.3 Å². The third kappa shape index (κ3) is 10.1. The van der Waals surface area contributed by atoms with Crippen molar-refractivity contribution >= 4 is 26.5 Å². The van der Waals surface area contributed by atoms with Crippen molar-refractivity contribution in [3.8, 4) is 0 Å². The second kappa shape index (κ2) is 13.3. The number of ether oxygens (including phenoxy) is 1. The zero-order valence-corrected chi connectivity index (χ0v) is 15.0. The third-order valence-corrected chi connectivity index (χ3v) is 5.95. The van der Waals surface area contributed by atoms with Crippen LogP contribution in [0.1, 0.15) is 33.6 Å². The van der Waals surface area contributed by atoms with E-state index in [9.17, 15) is 4.79 Å². The van der Waals surface area contributed by atoms with Crippen LogP contribution in [0.3, 0.4) is 0 Å². The summed E-state index contributed by atoms with van der Waals surface area (Å²) in [5.41, 5.74) is 0.